The van der Waals surface area contributed by atoms with E-state index in [9.17, 15) is 14.0 Å². The lowest BCUT2D eigenvalue weighted by molar-refractivity contribution is -0.133. The zero-order valence-electron chi connectivity index (χ0n) is 20.0. The molecule has 3 N–H and O–H groups in total. The molecule has 1 saturated carbocycles. The number of aromatic nitrogens is 3. The number of hydrogen-bond donors (Lipinski definition) is 3. The van der Waals surface area contributed by atoms with Gasteiger partial charge in [0, 0.05) is 38.1 Å². The van der Waals surface area contributed by atoms with Gasteiger partial charge in [-0.25, -0.2) is 19.8 Å². The third kappa shape index (κ3) is 4.30. The Balaban J connectivity index is 1.13. The van der Waals surface area contributed by atoms with Crippen LogP contribution in [0, 0.1) is 17.7 Å². The molecule has 0 bridgehead atoms. The number of halogens is 1. The number of nitrogens with one attached hydrogen (secondary N) is 3. The molecule has 188 valence electrons. The van der Waals surface area contributed by atoms with E-state index < -0.39 is 5.82 Å². The molecule has 3 aromatic rings. The molecule has 36 heavy (non-hydrogen) atoms. The van der Waals surface area contributed by atoms with E-state index in [0.29, 0.717) is 38.2 Å². The van der Waals surface area contributed by atoms with Gasteiger partial charge >= 0.3 is 0 Å². The van der Waals surface area contributed by atoms with E-state index >= 15 is 0 Å². The number of fused-ring (bicyclic) bond motifs is 2. The van der Waals surface area contributed by atoms with Crippen LogP contribution in [0.4, 0.5) is 10.2 Å². The highest BCUT2D eigenvalue weighted by atomic mass is 19.1. The van der Waals surface area contributed by atoms with E-state index in [2.05, 4.69) is 30.7 Å². The molecule has 3 fully saturated rings. The Labute approximate surface area is 208 Å². The second-order valence-electron chi connectivity index (χ2n) is 10.0. The van der Waals surface area contributed by atoms with Crippen LogP contribution in [-0.2, 0) is 11.2 Å². The van der Waals surface area contributed by atoms with Crippen molar-refractivity contribution in [2.75, 3.05) is 31.1 Å². The number of amides is 2. The summed E-state index contributed by atoms with van der Waals surface area (Å²) in [6, 6.07) is 8.79. The minimum absolute atomic E-state index is 0.0334. The predicted molar refractivity (Wildman–Crippen MR) is 133 cm³/mol. The number of nitrogens with zero attached hydrogens (tertiary/aromatic N) is 4. The average Bonchev–Trinajstić information content (AvgIpc) is 3.39. The van der Waals surface area contributed by atoms with Crippen molar-refractivity contribution < 1.29 is 14.0 Å². The van der Waals surface area contributed by atoms with Crippen molar-refractivity contribution in [2.24, 2.45) is 11.8 Å². The summed E-state index contributed by atoms with van der Waals surface area (Å²) in [5.74, 6) is 0.403. The molecule has 9 nitrogen and oxygen atoms in total. The first-order valence-corrected chi connectivity index (χ1v) is 12.7. The van der Waals surface area contributed by atoms with Crippen LogP contribution < -0.4 is 15.8 Å². The van der Waals surface area contributed by atoms with Crippen LogP contribution in [0.25, 0.3) is 11.2 Å². The van der Waals surface area contributed by atoms with E-state index in [1.165, 1.54) is 6.07 Å². The van der Waals surface area contributed by atoms with Crippen LogP contribution in [0.3, 0.4) is 0 Å². The van der Waals surface area contributed by atoms with Crippen molar-refractivity contribution in [3.05, 3.63) is 53.6 Å². The van der Waals surface area contributed by atoms with Crippen molar-refractivity contribution in [3.63, 3.8) is 0 Å². The maximum Gasteiger partial charge on any atom is 0.256 e. The second-order valence-corrected chi connectivity index (χ2v) is 10.0. The molecule has 10 heteroatoms. The number of imidazole rings is 1. The minimum Gasteiger partial charge on any atom is -0.353 e. The number of anilines is 1. The molecular weight excluding hydrogens is 461 g/mol. The number of H-pyrrole nitrogens is 1. The van der Waals surface area contributed by atoms with Crippen LogP contribution in [0.15, 0.2) is 36.7 Å². The SMILES string of the molecule is O=C1NNC(Cc2ccc(F)c(C(=O)N3CCN(c4ccc5[nH]cnc5n4)CC3)c2)C2CCCCC12. The summed E-state index contributed by atoms with van der Waals surface area (Å²) < 4.78 is 14.8. The molecule has 1 aliphatic carbocycles. The number of pyridine rings is 1. The molecule has 3 atom stereocenters. The number of piperazine rings is 1. The number of rotatable bonds is 4. The zero-order valence-corrected chi connectivity index (χ0v) is 20.0. The quantitative estimate of drug-likeness (QED) is 0.518. The van der Waals surface area contributed by atoms with Crippen molar-refractivity contribution in [3.8, 4) is 0 Å². The van der Waals surface area contributed by atoms with Crippen LogP contribution in [0.5, 0.6) is 0 Å². The number of hydrogen-bond acceptors (Lipinski definition) is 6. The first-order chi connectivity index (χ1) is 17.6. The Morgan fingerprint density at radius 3 is 2.78 bits per heavy atom. The fraction of sp³-hybridized carbons (Fsp3) is 0.462. The molecule has 3 unspecified atom stereocenters. The molecule has 2 aliphatic heterocycles. The fourth-order valence-electron chi connectivity index (χ4n) is 5.95. The third-order valence-corrected chi connectivity index (χ3v) is 7.93. The standard InChI is InChI=1S/C26H30FN7O2/c27-20-6-5-16(14-22-17-3-1-2-4-18(17)25(35)32-31-22)13-19(20)26(36)34-11-9-33(10-12-34)23-8-7-21-24(30-23)29-15-28-21/h5-8,13,15,17-18,22,31H,1-4,9-12,14H2,(H,32,35)(H,28,29,30). The van der Waals surface area contributed by atoms with Crippen LogP contribution in [0.1, 0.15) is 41.6 Å². The molecule has 4 heterocycles. The first kappa shape index (κ1) is 22.9. The number of aromatic amines is 1. The molecule has 0 radical (unpaired) electrons. The monoisotopic (exact) mass is 491 g/mol. The lowest BCUT2D eigenvalue weighted by atomic mass is 9.72. The number of carbonyl (C=O) groups is 2. The summed E-state index contributed by atoms with van der Waals surface area (Å²) in [6.45, 7) is 2.21. The Morgan fingerprint density at radius 2 is 1.92 bits per heavy atom. The number of benzene rings is 1. The van der Waals surface area contributed by atoms with Crippen LogP contribution in [-0.4, -0.2) is 63.9 Å². The summed E-state index contributed by atoms with van der Waals surface area (Å²) >= 11 is 0. The highest BCUT2D eigenvalue weighted by Crippen LogP contribution is 2.35. The smallest absolute Gasteiger partial charge is 0.256 e. The molecule has 6 rings (SSSR count). The van der Waals surface area contributed by atoms with Crippen LogP contribution >= 0.6 is 0 Å². The molecule has 2 aromatic heterocycles. The van der Waals surface area contributed by atoms with Crippen molar-refractivity contribution >= 4 is 28.8 Å². The van der Waals surface area contributed by atoms with Gasteiger partial charge < -0.3 is 14.8 Å². The van der Waals surface area contributed by atoms with Gasteiger partial charge in [0.15, 0.2) is 5.65 Å². The van der Waals surface area contributed by atoms with Gasteiger partial charge in [0.05, 0.1) is 17.4 Å². The van der Waals surface area contributed by atoms with Gasteiger partial charge in [-0.15, -0.1) is 0 Å². The average molecular weight is 492 g/mol. The lowest BCUT2D eigenvalue weighted by Gasteiger charge is -2.41. The summed E-state index contributed by atoms with van der Waals surface area (Å²) in [5.41, 5.74) is 8.54. The highest BCUT2D eigenvalue weighted by Gasteiger charge is 2.40. The van der Waals surface area contributed by atoms with E-state index in [1.54, 1.807) is 23.4 Å². The molecule has 2 amide bonds. The summed E-state index contributed by atoms with van der Waals surface area (Å²) in [4.78, 5) is 41.2. The minimum atomic E-state index is -0.503. The Hall–Kier alpha value is -3.53. The van der Waals surface area contributed by atoms with Gasteiger partial charge in [0.25, 0.3) is 5.91 Å². The summed E-state index contributed by atoms with van der Waals surface area (Å²) in [5, 5.41) is 0. The van der Waals surface area contributed by atoms with Gasteiger partial charge in [-0.2, -0.15) is 0 Å². The van der Waals surface area contributed by atoms with Crippen molar-refractivity contribution in [1.29, 1.82) is 0 Å². The number of hydrazine groups is 1. The zero-order chi connectivity index (χ0) is 24.6. The van der Waals surface area contributed by atoms with E-state index in [0.717, 1.165) is 42.6 Å². The predicted octanol–water partition coefficient (Wildman–Crippen LogP) is 2.41. The van der Waals surface area contributed by atoms with Gasteiger partial charge in [0.1, 0.15) is 11.6 Å². The van der Waals surface area contributed by atoms with Gasteiger partial charge in [-0.3, -0.25) is 15.0 Å². The fourth-order valence-corrected chi connectivity index (χ4v) is 5.95. The molecule has 3 aliphatic rings. The first-order valence-electron chi connectivity index (χ1n) is 12.7. The summed E-state index contributed by atoms with van der Waals surface area (Å²) in [6.07, 6.45) is 6.38. The Kier molecular flexibility index (Phi) is 6.04. The topological polar surface area (TPSA) is 106 Å². The lowest BCUT2D eigenvalue weighted by Crippen LogP contribution is -2.60. The molecule has 1 aromatic carbocycles. The van der Waals surface area contributed by atoms with Gasteiger partial charge in [0.2, 0.25) is 5.91 Å². The van der Waals surface area contributed by atoms with E-state index in [1.807, 2.05) is 12.1 Å². The Bertz CT molecular complexity index is 1290. The maximum absolute atomic E-state index is 14.8. The van der Waals surface area contributed by atoms with E-state index in [-0.39, 0.29) is 35.3 Å². The Morgan fingerprint density at radius 1 is 1.08 bits per heavy atom. The maximum atomic E-state index is 14.8. The highest BCUT2D eigenvalue weighted by molar-refractivity contribution is 5.95. The van der Waals surface area contributed by atoms with Gasteiger partial charge in [-0.05, 0) is 55.0 Å². The summed E-state index contributed by atoms with van der Waals surface area (Å²) in [7, 11) is 0. The second kappa shape index (κ2) is 9.50. The van der Waals surface area contributed by atoms with Crippen molar-refractivity contribution in [2.45, 2.75) is 38.1 Å². The van der Waals surface area contributed by atoms with Gasteiger partial charge in [-0.1, -0.05) is 18.9 Å². The molecular formula is C26H30FN7O2. The van der Waals surface area contributed by atoms with Crippen LogP contribution in [0.2, 0.25) is 0 Å². The van der Waals surface area contributed by atoms with E-state index in [4.69, 9.17) is 0 Å². The largest absolute Gasteiger partial charge is 0.353 e. The molecule has 2 saturated heterocycles. The number of carbonyl (C=O) groups excluding carboxylic acids is 2. The third-order valence-electron chi connectivity index (χ3n) is 7.93. The van der Waals surface area contributed by atoms with Crippen molar-refractivity contribution in [1.82, 2.24) is 30.7 Å². The normalized spacial score (nSPS) is 24.5. The molecule has 0 spiro atoms.